The highest BCUT2D eigenvalue weighted by molar-refractivity contribution is 7.98. The molecule has 2 aliphatic heterocycles. The fourth-order valence-electron chi connectivity index (χ4n) is 3.37. The minimum atomic E-state index is 0.445. The van der Waals surface area contributed by atoms with Crippen molar-refractivity contribution in [3.63, 3.8) is 0 Å². The zero-order chi connectivity index (χ0) is 19.1. The van der Waals surface area contributed by atoms with Gasteiger partial charge in [0.2, 0.25) is 0 Å². The van der Waals surface area contributed by atoms with E-state index in [1.54, 1.807) is 26.4 Å². The Morgan fingerprint density at radius 1 is 1.26 bits per heavy atom. The highest BCUT2D eigenvalue weighted by Crippen LogP contribution is 2.34. The van der Waals surface area contributed by atoms with Crippen molar-refractivity contribution in [2.75, 3.05) is 75.9 Å². The molecule has 2 saturated heterocycles. The number of methoxy groups -OCH3 is 2. The van der Waals surface area contributed by atoms with E-state index < -0.39 is 0 Å². The summed E-state index contributed by atoms with van der Waals surface area (Å²) < 4.78 is 15.2. The van der Waals surface area contributed by atoms with E-state index in [2.05, 4.69) is 36.8 Å². The topological polar surface area (TPSA) is 68.1 Å². The number of pyridine rings is 1. The molecule has 0 aromatic carbocycles. The summed E-state index contributed by atoms with van der Waals surface area (Å²) in [5.74, 6) is 0.942. The van der Waals surface area contributed by atoms with Gasteiger partial charge in [0.15, 0.2) is 6.19 Å². The zero-order valence-corrected chi connectivity index (χ0v) is 16.9. The van der Waals surface area contributed by atoms with Crippen LogP contribution in [-0.2, 0) is 9.47 Å². The number of hydrogen-bond acceptors (Lipinski definition) is 9. The van der Waals surface area contributed by atoms with E-state index >= 15 is 0 Å². The number of aromatic nitrogens is 1. The monoisotopic (exact) mass is 392 g/mol. The van der Waals surface area contributed by atoms with Crippen LogP contribution in [0.5, 0.6) is 0 Å². The SMILES string of the molecule is COCCN(CCOC)c1cc(N2CCN(C3CCN(C#N)C3)S2)ccn1. The molecule has 2 fully saturated rings. The van der Waals surface area contributed by atoms with Crippen LogP contribution in [0.2, 0.25) is 0 Å². The van der Waals surface area contributed by atoms with E-state index in [1.165, 1.54) is 0 Å². The van der Waals surface area contributed by atoms with Gasteiger partial charge in [-0.2, -0.15) is 5.26 Å². The first-order valence-electron chi connectivity index (χ1n) is 9.31. The molecule has 0 N–H and O–H groups in total. The third-order valence-electron chi connectivity index (χ3n) is 4.91. The summed E-state index contributed by atoms with van der Waals surface area (Å²) in [6.45, 7) is 6.53. The quantitative estimate of drug-likeness (QED) is 0.458. The van der Waals surface area contributed by atoms with Crippen molar-refractivity contribution in [3.05, 3.63) is 18.3 Å². The molecule has 2 aliphatic rings. The average Bonchev–Trinajstić information content (AvgIpc) is 3.37. The van der Waals surface area contributed by atoms with Gasteiger partial charge in [-0.1, -0.05) is 0 Å². The molecule has 0 saturated carbocycles. The molecule has 1 atom stereocenters. The summed E-state index contributed by atoms with van der Waals surface area (Å²) in [5.41, 5.74) is 1.16. The maximum atomic E-state index is 9.07. The number of hydrogen-bond donors (Lipinski definition) is 0. The van der Waals surface area contributed by atoms with Gasteiger partial charge in [0, 0.05) is 83.9 Å². The van der Waals surface area contributed by atoms with Crippen LogP contribution in [0.4, 0.5) is 11.5 Å². The second-order valence-electron chi connectivity index (χ2n) is 6.66. The van der Waals surface area contributed by atoms with Crippen molar-refractivity contribution in [2.24, 2.45) is 0 Å². The Bertz CT molecular complexity index is 635. The molecule has 3 rings (SSSR count). The number of nitrogens with zero attached hydrogens (tertiary/aromatic N) is 6. The number of anilines is 2. The van der Waals surface area contributed by atoms with Gasteiger partial charge in [-0.15, -0.1) is 0 Å². The summed E-state index contributed by atoms with van der Waals surface area (Å²) in [4.78, 5) is 8.60. The third kappa shape index (κ3) is 5.17. The lowest BCUT2D eigenvalue weighted by Gasteiger charge is -2.25. The average molecular weight is 393 g/mol. The molecule has 0 bridgehead atoms. The minimum Gasteiger partial charge on any atom is -0.383 e. The van der Waals surface area contributed by atoms with E-state index in [4.69, 9.17) is 14.7 Å². The molecule has 1 aromatic heterocycles. The van der Waals surface area contributed by atoms with Crippen LogP contribution >= 0.6 is 12.1 Å². The molecule has 1 unspecified atom stereocenters. The van der Waals surface area contributed by atoms with Crippen molar-refractivity contribution in [2.45, 2.75) is 12.5 Å². The molecule has 3 heterocycles. The highest BCUT2D eigenvalue weighted by Gasteiger charge is 2.33. The van der Waals surface area contributed by atoms with Crippen molar-refractivity contribution >= 4 is 23.6 Å². The third-order valence-corrected chi connectivity index (χ3v) is 6.19. The van der Waals surface area contributed by atoms with Gasteiger partial charge in [-0.25, -0.2) is 9.29 Å². The Balaban J connectivity index is 1.63. The zero-order valence-electron chi connectivity index (χ0n) is 16.1. The van der Waals surface area contributed by atoms with Gasteiger partial charge < -0.3 is 23.6 Å². The summed E-state index contributed by atoms with van der Waals surface area (Å²) in [6, 6.07) is 4.64. The van der Waals surface area contributed by atoms with Crippen molar-refractivity contribution in [1.82, 2.24) is 14.2 Å². The first-order chi connectivity index (χ1) is 13.2. The molecule has 0 spiro atoms. The van der Waals surface area contributed by atoms with Gasteiger partial charge in [0.25, 0.3) is 0 Å². The maximum absolute atomic E-state index is 9.07. The van der Waals surface area contributed by atoms with Gasteiger partial charge in [-0.05, 0) is 12.5 Å². The van der Waals surface area contributed by atoms with Crippen LogP contribution in [-0.4, -0.2) is 86.9 Å². The summed E-state index contributed by atoms with van der Waals surface area (Å²) in [6.07, 6.45) is 5.19. The maximum Gasteiger partial charge on any atom is 0.179 e. The van der Waals surface area contributed by atoms with E-state index in [1.807, 2.05) is 11.1 Å². The smallest absolute Gasteiger partial charge is 0.179 e. The normalized spacial score (nSPS) is 20.3. The van der Waals surface area contributed by atoms with Gasteiger partial charge in [-0.3, -0.25) is 0 Å². The van der Waals surface area contributed by atoms with E-state index in [-0.39, 0.29) is 0 Å². The second-order valence-corrected chi connectivity index (χ2v) is 7.73. The Morgan fingerprint density at radius 3 is 2.70 bits per heavy atom. The minimum absolute atomic E-state index is 0.445. The molecule has 1 aromatic rings. The van der Waals surface area contributed by atoms with Gasteiger partial charge in [0.1, 0.15) is 5.82 Å². The molecular weight excluding hydrogens is 364 g/mol. The number of rotatable bonds is 9. The first kappa shape index (κ1) is 20.0. The molecule has 0 aliphatic carbocycles. The Labute approximate surface area is 165 Å². The lowest BCUT2D eigenvalue weighted by atomic mass is 10.2. The van der Waals surface area contributed by atoms with Crippen LogP contribution < -0.4 is 9.21 Å². The molecule has 0 amide bonds. The van der Waals surface area contributed by atoms with Gasteiger partial charge >= 0.3 is 0 Å². The number of nitriles is 1. The van der Waals surface area contributed by atoms with Crippen LogP contribution in [0, 0.1) is 11.5 Å². The molecule has 9 heteroatoms. The van der Waals surface area contributed by atoms with Crippen LogP contribution in [0.1, 0.15) is 6.42 Å². The van der Waals surface area contributed by atoms with Crippen LogP contribution in [0.3, 0.4) is 0 Å². The predicted octanol–water partition coefficient (Wildman–Crippen LogP) is 1.42. The predicted molar refractivity (Wildman–Crippen MR) is 107 cm³/mol. The molecular formula is C18H28N6O2S. The fraction of sp³-hybridized carbons (Fsp3) is 0.667. The summed E-state index contributed by atoms with van der Waals surface area (Å²) >= 11 is 1.76. The summed E-state index contributed by atoms with van der Waals surface area (Å²) in [7, 11) is 3.43. The number of ether oxygens (including phenoxy) is 2. The lowest BCUT2D eigenvalue weighted by molar-refractivity contribution is 0.190. The van der Waals surface area contributed by atoms with Crippen molar-refractivity contribution in [1.29, 1.82) is 5.26 Å². The molecule has 27 heavy (non-hydrogen) atoms. The Hall–Kier alpha value is -1.73. The van der Waals surface area contributed by atoms with E-state index in [0.717, 1.165) is 57.2 Å². The largest absolute Gasteiger partial charge is 0.383 e. The summed E-state index contributed by atoms with van der Waals surface area (Å²) in [5, 5.41) is 9.07. The fourth-order valence-corrected chi connectivity index (χ4v) is 4.46. The number of likely N-dealkylation sites (tertiary alicyclic amines) is 1. The van der Waals surface area contributed by atoms with E-state index in [9.17, 15) is 0 Å². The standard InChI is InChI=1S/C18H28N6O2S/c1-25-11-9-22(10-12-26-2)18-13-16(3-5-20-18)23-7-8-24(27-23)17-4-6-21(14-17)15-19/h3,5,13,17H,4,6-12,14H2,1-2H3. The molecule has 148 valence electrons. The van der Waals surface area contributed by atoms with Crippen molar-refractivity contribution in [3.8, 4) is 6.19 Å². The van der Waals surface area contributed by atoms with Crippen molar-refractivity contribution < 1.29 is 9.47 Å². The second kappa shape index (κ2) is 9.99. The Kier molecular flexibility index (Phi) is 7.41. The van der Waals surface area contributed by atoms with Gasteiger partial charge in [0.05, 0.1) is 18.9 Å². The Morgan fingerprint density at radius 2 is 2.04 bits per heavy atom. The lowest BCUT2D eigenvalue weighted by Crippen LogP contribution is -2.31. The molecule has 0 radical (unpaired) electrons. The molecule has 8 nitrogen and oxygen atoms in total. The highest BCUT2D eigenvalue weighted by atomic mass is 32.2. The van der Waals surface area contributed by atoms with Crippen LogP contribution in [0.25, 0.3) is 0 Å². The van der Waals surface area contributed by atoms with Crippen LogP contribution in [0.15, 0.2) is 18.3 Å². The first-order valence-corrected chi connectivity index (χ1v) is 10.0. The van der Waals surface area contributed by atoms with E-state index in [0.29, 0.717) is 19.3 Å².